The molecule has 11 nitrogen and oxygen atoms in total. The van der Waals surface area contributed by atoms with E-state index in [9.17, 15) is 4.79 Å². The van der Waals surface area contributed by atoms with E-state index in [1.165, 1.54) is 0 Å². The molecule has 5 rings (SSSR count). The minimum atomic E-state index is -0.442. The minimum Gasteiger partial charge on any atom is -0.459 e. The smallest absolute Gasteiger partial charge is 0.356 e. The van der Waals surface area contributed by atoms with Gasteiger partial charge in [0.2, 0.25) is 5.95 Å². The van der Waals surface area contributed by atoms with Gasteiger partial charge in [-0.1, -0.05) is 6.07 Å². The van der Waals surface area contributed by atoms with Gasteiger partial charge in [0.05, 0.1) is 11.9 Å². The molecule has 11 heteroatoms. The first-order valence-electron chi connectivity index (χ1n) is 11.6. The van der Waals surface area contributed by atoms with E-state index in [0.717, 1.165) is 25.1 Å². The van der Waals surface area contributed by atoms with E-state index in [1.807, 2.05) is 25.1 Å². The summed E-state index contributed by atoms with van der Waals surface area (Å²) in [5.74, 6) is 1.55. The number of carbonyl (C=O) groups excluding carboxylic acids is 1. The topological polar surface area (TPSA) is 140 Å². The molecule has 4 aromatic rings. The van der Waals surface area contributed by atoms with Gasteiger partial charge in [-0.25, -0.2) is 29.7 Å². The number of ether oxygens (including phenoxy) is 1. The van der Waals surface area contributed by atoms with E-state index in [-0.39, 0.29) is 11.7 Å². The Morgan fingerprint density at radius 2 is 1.86 bits per heavy atom. The Morgan fingerprint density at radius 3 is 2.64 bits per heavy atom. The molecular weight excluding hydrogens is 458 g/mol. The first kappa shape index (κ1) is 23.2. The Hall–Kier alpha value is -4.51. The number of pyridine rings is 2. The molecule has 0 amide bonds. The van der Waals surface area contributed by atoms with Gasteiger partial charge < -0.3 is 20.7 Å². The summed E-state index contributed by atoms with van der Waals surface area (Å²) in [4.78, 5) is 38.5. The molecule has 36 heavy (non-hydrogen) atoms. The highest BCUT2D eigenvalue weighted by Crippen LogP contribution is 2.19. The number of anilines is 4. The van der Waals surface area contributed by atoms with E-state index in [4.69, 9.17) is 4.74 Å². The van der Waals surface area contributed by atoms with Crippen LogP contribution < -0.4 is 16.0 Å². The summed E-state index contributed by atoms with van der Waals surface area (Å²) in [6.07, 6.45) is 6.94. The van der Waals surface area contributed by atoms with Crippen LogP contribution in [0, 0.1) is 6.92 Å². The van der Waals surface area contributed by atoms with Crippen LogP contribution in [0.15, 0.2) is 61.1 Å². The van der Waals surface area contributed by atoms with Crippen molar-refractivity contribution >= 4 is 29.2 Å². The molecule has 3 N–H and O–H groups in total. The predicted octanol–water partition coefficient (Wildman–Crippen LogP) is 3.43. The largest absolute Gasteiger partial charge is 0.459 e. The minimum absolute atomic E-state index is 0.223. The fraction of sp³-hybridized carbons (Fsp3) is 0.240. The monoisotopic (exact) mass is 483 g/mol. The predicted molar refractivity (Wildman–Crippen MR) is 134 cm³/mol. The van der Waals surface area contributed by atoms with Crippen LogP contribution in [0.25, 0.3) is 11.5 Å². The highest BCUT2D eigenvalue weighted by molar-refractivity contribution is 5.87. The number of hydrogen-bond acceptors (Lipinski definition) is 11. The molecular formula is C25H25N9O2. The summed E-state index contributed by atoms with van der Waals surface area (Å²) < 4.78 is 5.35. The first-order chi connectivity index (χ1) is 17.6. The van der Waals surface area contributed by atoms with Crippen molar-refractivity contribution in [2.24, 2.45) is 0 Å². The van der Waals surface area contributed by atoms with Gasteiger partial charge in [0, 0.05) is 24.1 Å². The van der Waals surface area contributed by atoms with Crippen molar-refractivity contribution in [1.82, 2.24) is 35.2 Å². The molecule has 1 saturated heterocycles. The van der Waals surface area contributed by atoms with Crippen LogP contribution in [0.5, 0.6) is 0 Å². The second-order valence-electron chi connectivity index (χ2n) is 8.27. The lowest BCUT2D eigenvalue weighted by atomic mass is 10.2. The summed E-state index contributed by atoms with van der Waals surface area (Å²) in [6.45, 7) is 3.23. The highest BCUT2D eigenvalue weighted by Gasteiger charge is 2.17. The van der Waals surface area contributed by atoms with Crippen molar-refractivity contribution in [2.75, 3.05) is 23.8 Å². The van der Waals surface area contributed by atoms with E-state index in [2.05, 4.69) is 45.9 Å². The Bertz CT molecular complexity index is 1340. The van der Waals surface area contributed by atoms with E-state index in [0.29, 0.717) is 41.4 Å². The number of esters is 1. The third-order valence-corrected chi connectivity index (χ3v) is 5.49. The van der Waals surface area contributed by atoms with Crippen molar-refractivity contribution in [1.29, 1.82) is 0 Å². The summed E-state index contributed by atoms with van der Waals surface area (Å²) >= 11 is 0. The Morgan fingerprint density at radius 1 is 1.00 bits per heavy atom. The maximum Gasteiger partial charge on any atom is 0.356 e. The Labute approximate surface area is 207 Å². The van der Waals surface area contributed by atoms with Crippen LogP contribution in [0.1, 0.15) is 29.0 Å². The summed E-state index contributed by atoms with van der Waals surface area (Å²) in [7, 11) is 0. The second-order valence-corrected chi connectivity index (χ2v) is 8.27. The molecule has 0 spiro atoms. The zero-order chi connectivity index (χ0) is 24.7. The molecule has 0 radical (unpaired) electrons. The third kappa shape index (κ3) is 5.94. The van der Waals surface area contributed by atoms with Crippen LogP contribution >= 0.6 is 0 Å². The van der Waals surface area contributed by atoms with Crippen molar-refractivity contribution in [2.45, 2.75) is 25.8 Å². The highest BCUT2D eigenvalue weighted by atomic mass is 16.5. The van der Waals surface area contributed by atoms with E-state index >= 15 is 0 Å². The van der Waals surface area contributed by atoms with Gasteiger partial charge in [-0.05, 0) is 62.7 Å². The molecule has 1 aliphatic rings. The van der Waals surface area contributed by atoms with Gasteiger partial charge in [-0.2, -0.15) is 4.98 Å². The quantitative estimate of drug-likeness (QED) is 0.318. The van der Waals surface area contributed by atoms with Gasteiger partial charge in [0.1, 0.15) is 29.6 Å². The second kappa shape index (κ2) is 10.8. The molecule has 0 bridgehead atoms. The van der Waals surface area contributed by atoms with Gasteiger partial charge in [-0.3, -0.25) is 0 Å². The van der Waals surface area contributed by atoms with Crippen LogP contribution in [0.2, 0.25) is 0 Å². The summed E-state index contributed by atoms with van der Waals surface area (Å²) in [5.41, 5.74) is 2.47. The molecule has 0 saturated carbocycles. The normalized spacial score (nSPS) is 14.9. The number of rotatable bonds is 8. The molecule has 5 heterocycles. The average Bonchev–Trinajstić information content (AvgIpc) is 3.42. The van der Waals surface area contributed by atoms with Gasteiger partial charge in [-0.15, -0.1) is 0 Å². The van der Waals surface area contributed by atoms with E-state index in [1.54, 1.807) is 42.9 Å². The van der Waals surface area contributed by atoms with Crippen LogP contribution in [-0.2, 0) is 4.74 Å². The van der Waals surface area contributed by atoms with Crippen LogP contribution in [0.4, 0.5) is 23.3 Å². The Balaban J connectivity index is 1.21. The van der Waals surface area contributed by atoms with Crippen LogP contribution in [0.3, 0.4) is 0 Å². The fourth-order valence-corrected chi connectivity index (χ4v) is 3.71. The van der Waals surface area contributed by atoms with Gasteiger partial charge in [0.25, 0.3) is 0 Å². The third-order valence-electron chi connectivity index (χ3n) is 5.49. The number of nitrogens with one attached hydrogen (secondary N) is 3. The SMILES string of the molecule is Cc1cccc(-c2nccc(Nc3ccnc(Nc4ccc(C(=O)OC[C@H]5CCCN5)nc4)n3)n2)n1. The number of carbonyl (C=O) groups is 1. The van der Waals surface area contributed by atoms with Crippen molar-refractivity contribution < 1.29 is 9.53 Å². The fourth-order valence-electron chi connectivity index (χ4n) is 3.71. The van der Waals surface area contributed by atoms with Gasteiger partial charge in [0.15, 0.2) is 5.82 Å². The van der Waals surface area contributed by atoms with Crippen molar-refractivity contribution in [3.05, 3.63) is 72.4 Å². The number of aromatic nitrogens is 6. The maximum absolute atomic E-state index is 12.2. The molecule has 0 aromatic carbocycles. The number of hydrogen-bond donors (Lipinski definition) is 3. The van der Waals surface area contributed by atoms with Crippen molar-refractivity contribution in [3.8, 4) is 11.5 Å². The molecule has 1 atom stereocenters. The average molecular weight is 484 g/mol. The van der Waals surface area contributed by atoms with Crippen LogP contribution in [-0.4, -0.2) is 55.1 Å². The molecule has 1 aliphatic heterocycles. The lowest BCUT2D eigenvalue weighted by Crippen LogP contribution is -2.28. The zero-order valence-corrected chi connectivity index (χ0v) is 19.7. The molecule has 1 fully saturated rings. The Kier molecular flexibility index (Phi) is 6.99. The molecule has 4 aromatic heterocycles. The maximum atomic E-state index is 12.2. The molecule has 182 valence electrons. The van der Waals surface area contributed by atoms with Crippen molar-refractivity contribution in [3.63, 3.8) is 0 Å². The molecule has 0 aliphatic carbocycles. The molecule has 0 unspecified atom stereocenters. The van der Waals surface area contributed by atoms with Gasteiger partial charge >= 0.3 is 5.97 Å². The standard InChI is InChI=1S/C25H25N9O2/c1-16-4-2-6-19(30-16)23-27-12-9-21(33-23)32-22-10-13-28-25(34-22)31-17-7-8-20(29-14-17)24(35)36-15-18-5-3-11-26-18/h2,4,6-10,12-14,18,26H,3,5,11,15H2,1H3,(H2,27,28,31,32,33,34)/t18-/m1/s1. The zero-order valence-electron chi connectivity index (χ0n) is 19.7. The van der Waals surface area contributed by atoms with E-state index < -0.39 is 5.97 Å². The lowest BCUT2D eigenvalue weighted by Gasteiger charge is -2.11. The number of nitrogens with zero attached hydrogens (tertiary/aromatic N) is 6. The number of aryl methyl sites for hydroxylation is 1. The summed E-state index contributed by atoms with van der Waals surface area (Å²) in [6, 6.07) is 12.7. The lowest BCUT2D eigenvalue weighted by molar-refractivity contribution is 0.0466. The first-order valence-corrected chi connectivity index (χ1v) is 11.6. The summed E-state index contributed by atoms with van der Waals surface area (Å²) in [5, 5.41) is 9.55.